The number of halogens is 1. The van der Waals surface area contributed by atoms with E-state index in [1.54, 1.807) is 29.8 Å². The van der Waals surface area contributed by atoms with E-state index in [4.69, 9.17) is 11.6 Å². The van der Waals surface area contributed by atoms with E-state index in [9.17, 15) is 9.59 Å². The first kappa shape index (κ1) is 15.1. The Morgan fingerprint density at radius 3 is 3.05 bits per heavy atom. The lowest BCUT2D eigenvalue weighted by atomic mass is 10.4. The third kappa shape index (κ3) is 3.17. The quantitative estimate of drug-likeness (QED) is 0.642. The van der Waals surface area contributed by atoms with Crippen LogP contribution in [0, 0.1) is 0 Å². The zero-order valence-corrected chi connectivity index (χ0v) is 13.3. The molecule has 0 saturated heterocycles. The molecule has 0 spiro atoms. The van der Waals surface area contributed by atoms with Gasteiger partial charge in [-0.2, -0.15) is 0 Å². The summed E-state index contributed by atoms with van der Waals surface area (Å²) in [4.78, 5) is 27.8. The lowest BCUT2D eigenvalue weighted by molar-refractivity contribution is -0.115. The van der Waals surface area contributed by atoms with Gasteiger partial charge in [0.15, 0.2) is 10.3 Å². The van der Waals surface area contributed by atoms with Gasteiger partial charge in [0.05, 0.1) is 10.9 Å². The Labute approximate surface area is 135 Å². The highest BCUT2D eigenvalue weighted by molar-refractivity contribution is 8.00. The van der Waals surface area contributed by atoms with E-state index in [1.807, 2.05) is 0 Å². The summed E-state index contributed by atoms with van der Waals surface area (Å²) >= 11 is 7.15. The fraction of sp³-hybridized carbons (Fsp3) is 0.385. The monoisotopic (exact) mass is 339 g/mol. The van der Waals surface area contributed by atoms with E-state index in [1.165, 1.54) is 11.8 Å². The molecule has 2 N–H and O–H groups in total. The summed E-state index contributed by atoms with van der Waals surface area (Å²) in [7, 11) is 0. The van der Waals surface area contributed by atoms with Crippen LogP contribution in [0.4, 0.5) is 5.69 Å². The first-order chi connectivity index (χ1) is 10.6. The second kappa shape index (κ2) is 6.13. The molecule has 0 aromatic carbocycles. The van der Waals surface area contributed by atoms with Crippen molar-refractivity contribution in [2.24, 2.45) is 0 Å². The maximum Gasteiger partial charge on any atom is 0.344 e. The molecule has 0 unspecified atom stereocenters. The van der Waals surface area contributed by atoms with Gasteiger partial charge in [0.1, 0.15) is 0 Å². The second-order valence-corrected chi connectivity index (χ2v) is 6.67. The van der Waals surface area contributed by atoms with Gasteiger partial charge in [0, 0.05) is 12.2 Å². The highest BCUT2D eigenvalue weighted by Crippen LogP contribution is 2.36. The molecule has 1 aliphatic carbocycles. The van der Waals surface area contributed by atoms with Crippen LogP contribution in [-0.4, -0.2) is 30.9 Å². The highest BCUT2D eigenvalue weighted by atomic mass is 35.5. The van der Waals surface area contributed by atoms with Crippen molar-refractivity contribution < 1.29 is 4.79 Å². The number of aromatic nitrogens is 4. The fourth-order valence-electron chi connectivity index (χ4n) is 1.95. The third-order valence-electron chi connectivity index (χ3n) is 3.25. The fourth-order valence-corrected chi connectivity index (χ4v) is 3.05. The maximum absolute atomic E-state index is 12.2. The van der Waals surface area contributed by atoms with Gasteiger partial charge < -0.3 is 5.32 Å². The molecule has 1 amide bonds. The van der Waals surface area contributed by atoms with Crippen molar-refractivity contribution >= 4 is 35.0 Å². The average Bonchev–Trinajstić information content (AvgIpc) is 3.26. The van der Waals surface area contributed by atoms with E-state index in [2.05, 4.69) is 20.5 Å². The number of hydrogen-bond acceptors (Lipinski definition) is 5. The number of rotatable bonds is 5. The normalized spacial score (nSPS) is 15.5. The van der Waals surface area contributed by atoms with Gasteiger partial charge in [0.25, 0.3) is 0 Å². The summed E-state index contributed by atoms with van der Waals surface area (Å²) in [5, 5.41) is 9.50. The summed E-state index contributed by atoms with van der Waals surface area (Å²) < 4.78 is 1.62. The molecule has 7 nitrogen and oxygen atoms in total. The summed E-state index contributed by atoms with van der Waals surface area (Å²) in [5.41, 5.74) is 0.233. The van der Waals surface area contributed by atoms with Crippen molar-refractivity contribution in [2.75, 3.05) is 5.32 Å². The molecule has 1 saturated carbocycles. The number of aromatic amines is 1. The van der Waals surface area contributed by atoms with Crippen LogP contribution >= 0.6 is 23.4 Å². The zero-order valence-electron chi connectivity index (χ0n) is 11.7. The number of carbonyl (C=O) groups excluding carboxylic acids is 1. The molecule has 2 heterocycles. The van der Waals surface area contributed by atoms with Gasteiger partial charge in [-0.05, 0) is 31.9 Å². The third-order valence-corrected chi connectivity index (χ3v) is 4.62. The van der Waals surface area contributed by atoms with E-state index in [0.29, 0.717) is 10.8 Å². The molecule has 0 bridgehead atoms. The van der Waals surface area contributed by atoms with E-state index < -0.39 is 5.25 Å². The van der Waals surface area contributed by atoms with E-state index >= 15 is 0 Å². The van der Waals surface area contributed by atoms with Crippen LogP contribution in [0.15, 0.2) is 28.3 Å². The number of carbonyl (C=O) groups is 1. The Hall–Kier alpha value is -1.80. The lowest BCUT2D eigenvalue weighted by Gasteiger charge is -2.12. The predicted octanol–water partition coefficient (Wildman–Crippen LogP) is 2.07. The Kier molecular flexibility index (Phi) is 4.21. The highest BCUT2D eigenvalue weighted by Gasteiger charge is 2.30. The summed E-state index contributed by atoms with van der Waals surface area (Å²) in [6.45, 7) is 1.75. The Morgan fingerprint density at radius 1 is 1.59 bits per heavy atom. The number of thioether (sulfide) groups is 1. The number of pyridine rings is 1. The van der Waals surface area contributed by atoms with Crippen molar-refractivity contribution in [3.05, 3.63) is 34.0 Å². The van der Waals surface area contributed by atoms with Gasteiger partial charge in [-0.15, -0.1) is 5.10 Å². The molecular formula is C13H14ClN5O2S. The number of amides is 1. The molecule has 22 heavy (non-hydrogen) atoms. The topological polar surface area (TPSA) is 92.7 Å². The molecular weight excluding hydrogens is 326 g/mol. The molecule has 2 aromatic heterocycles. The van der Waals surface area contributed by atoms with Gasteiger partial charge in [-0.25, -0.2) is 14.9 Å². The summed E-state index contributed by atoms with van der Waals surface area (Å²) in [6.07, 6.45) is 3.49. The van der Waals surface area contributed by atoms with Crippen LogP contribution in [0.3, 0.4) is 0 Å². The van der Waals surface area contributed by atoms with Gasteiger partial charge in [0.2, 0.25) is 5.91 Å². The first-order valence-corrected chi connectivity index (χ1v) is 8.07. The molecule has 0 radical (unpaired) electrons. The maximum atomic E-state index is 12.2. The minimum Gasteiger partial charge on any atom is -0.322 e. The molecule has 3 rings (SSSR count). The molecule has 116 valence electrons. The Balaban J connectivity index is 1.69. The molecule has 1 aliphatic rings. The first-order valence-electron chi connectivity index (χ1n) is 6.81. The van der Waals surface area contributed by atoms with Crippen LogP contribution in [0.25, 0.3) is 0 Å². The van der Waals surface area contributed by atoms with Gasteiger partial charge >= 0.3 is 5.69 Å². The zero-order chi connectivity index (χ0) is 15.7. The molecule has 2 aromatic rings. The number of nitrogens with one attached hydrogen (secondary N) is 2. The SMILES string of the molecule is C[C@@H](Sc1n[nH]c(=O)n1C1CC1)C(=O)Nc1cccnc1Cl. The standard InChI is InChI=1S/C13H14ClN5O2S/c1-7(11(20)16-9-3-2-6-15-10(9)14)22-13-18-17-12(21)19(13)8-4-5-8/h2-3,6-8H,4-5H2,1H3,(H,16,20)(H,17,21)/t7-/m1/s1. The average molecular weight is 340 g/mol. The van der Waals surface area contributed by atoms with Crippen LogP contribution in [-0.2, 0) is 4.79 Å². The number of hydrogen-bond donors (Lipinski definition) is 2. The Bertz CT molecular complexity index is 755. The van der Waals surface area contributed by atoms with Crippen molar-refractivity contribution in [1.82, 2.24) is 19.7 Å². The van der Waals surface area contributed by atoms with Gasteiger partial charge in [-0.1, -0.05) is 23.4 Å². The van der Waals surface area contributed by atoms with Crippen LogP contribution in [0.5, 0.6) is 0 Å². The van der Waals surface area contributed by atoms with Crippen molar-refractivity contribution in [1.29, 1.82) is 0 Å². The van der Waals surface area contributed by atoms with Crippen molar-refractivity contribution in [3.8, 4) is 0 Å². The number of H-pyrrole nitrogens is 1. The minimum atomic E-state index is -0.427. The predicted molar refractivity (Wildman–Crippen MR) is 84.3 cm³/mol. The number of nitrogens with zero attached hydrogens (tertiary/aromatic N) is 3. The number of anilines is 1. The summed E-state index contributed by atoms with van der Waals surface area (Å²) in [5.74, 6) is -0.224. The second-order valence-electron chi connectivity index (χ2n) is 5.00. The van der Waals surface area contributed by atoms with Gasteiger partial charge in [-0.3, -0.25) is 9.36 Å². The van der Waals surface area contributed by atoms with Crippen molar-refractivity contribution in [3.63, 3.8) is 0 Å². The Morgan fingerprint density at radius 2 is 2.36 bits per heavy atom. The van der Waals surface area contributed by atoms with E-state index in [0.717, 1.165) is 12.8 Å². The smallest absolute Gasteiger partial charge is 0.322 e. The minimum absolute atomic E-state index is 0.205. The molecule has 1 atom stereocenters. The largest absolute Gasteiger partial charge is 0.344 e. The lowest BCUT2D eigenvalue weighted by Crippen LogP contribution is -2.24. The summed E-state index contributed by atoms with van der Waals surface area (Å²) in [6, 6.07) is 3.58. The molecule has 1 fully saturated rings. The van der Waals surface area contributed by atoms with Crippen molar-refractivity contribution in [2.45, 2.75) is 36.2 Å². The van der Waals surface area contributed by atoms with Crippen LogP contribution in [0.1, 0.15) is 25.8 Å². The van der Waals surface area contributed by atoms with Crippen LogP contribution in [0.2, 0.25) is 5.15 Å². The van der Waals surface area contributed by atoms with Crippen LogP contribution < -0.4 is 11.0 Å². The molecule has 9 heteroatoms. The molecule has 0 aliphatic heterocycles. The van der Waals surface area contributed by atoms with E-state index in [-0.39, 0.29) is 22.8 Å².